The van der Waals surface area contributed by atoms with Crippen molar-refractivity contribution in [2.24, 2.45) is 5.73 Å². The largest absolute Gasteiger partial charge is 0.339 e. The van der Waals surface area contributed by atoms with Crippen LogP contribution in [0.3, 0.4) is 0 Å². The Balaban J connectivity index is 2.01. The van der Waals surface area contributed by atoms with Crippen molar-refractivity contribution in [2.75, 3.05) is 0 Å². The van der Waals surface area contributed by atoms with E-state index in [0.29, 0.717) is 11.6 Å². The van der Waals surface area contributed by atoms with Crippen LogP contribution in [0.1, 0.15) is 43.5 Å². The van der Waals surface area contributed by atoms with E-state index in [9.17, 15) is 0 Å². The summed E-state index contributed by atoms with van der Waals surface area (Å²) in [5.74, 6) is 2.24. The Morgan fingerprint density at radius 3 is 2.75 bits per heavy atom. The van der Waals surface area contributed by atoms with Gasteiger partial charge in [0, 0.05) is 10.9 Å². The molecule has 2 rings (SSSR count). The molecule has 2 aromatic rings. The van der Waals surface area contributed by atoms with Crippen LogP contribution in [-0.4, -0.2) is 16.2 Å². The molecule has 108 valence electrons. The summed E-state index contributed by atoms with van der Waals surface area (Å²) in [6, 6.07) is 8.32. The Morgan fingerprint density at radius 1 is 1.35 bits per heavy atom. The predicted octanol–water partition coefficient (Wildman–Crippen LogP) is 3.51. The highest BCUT2D eigenvalue weighted by molar-refractivity contribution is 7.98. The van der Waals surface area contributed by atoms with Crippen molar-refractivity contribution in [2.45, 2.75) is 49.8 Å². The number of hydrogen-bond acceptors (Lipinski definition) is 5. The van der Waals surface area contributed by atoms with Crippen molar-refractivity contribution in [1.29, 1.82) is 0 Å². The van der Waals surface area contributed by atoms with Crippen LogP contribution < -0.4 is 5.73 Å². The molecule has 0 bridgehead atoms. The molecular formula is C15H21N3OS. The summed E-state index contributed by atoms with van der Waals surface area (Å²) in [5.41, 5.74) is 7.21. The van der Waals surface area contributed by atoms with Gasteiger partial charge in [0.25, 0.3) is 0 Å². The molecule has 1 aromatic heterocycles. The Hall–Kier alpha value is -1.33. The van der Waals surface area contributed by atoms with E-state index < -0.39 is 0 Å². The minimum atomic E-state index is 0.0253. The molecule has 0 aliphatic heterocycles. The lowest BCUT2D eigenvalue weighted by Crippen LogP contribution is -2.24. The maximum absolute atomic E-state index is 5.94. The smallest absolute Gasteiger partial charge is 0.231 e. The third-order valence-electron chi connectivity index (χ3n) is 3.33. The average molecular weight is 291 g/mol. The molecule has 20 heavy (non-hydrogen) atoms. The first-order valence-corrected chi connectivity index (χ1v) is 7.86. The fourth-order valence-electron chi connectivity index (χ4n) is 2.11. The molecule has 0 amide bonds. The van der Waals surface area contributed by atoms with Gasteiger partial charge in [-0.1, -0.05) is 30.3 Å². The predicted molar refractivity (Wildman–Crippen MR) is 81.7 cm³/mol. The molecule has 0 spiro atoms. The van der Waals surface area contributed by atoms with Crippen LogP contribution in [0, 0.1) is 6.92 Å². The van der Waals surface area contributed by atoms with E-state index in [1.165, 1.54) is 10.5 Å². The monoisotopic (exact) mass is 291 g/mol. The van der Waals surface area contributed by atoms with Gasteiger partial charge in [-0.3, -0.25) is 0 Å². The standard InChI is InChI=1S/C15H21N3OS/c1-4-12(11(3)16)15-17-14(18-19-15)9-20-13-8-6-5-7-10(13)2/h5-8,11-12H,4,9,16H2,1-3H3. The Labute approximate surface area is 124 Å². The van der Waals surface area contributed by atoms with Gasteiger partial charge in [0.05, 0.1) is 11.7 Å². The summed E-state index contributed by atoms with van der Waals surface area (Å²) >= 11 is 1.72. The third kappa shape index (κ3) is 3.61. The first-order chi connectivity index (χ1) is 9.61. The fourth-order valence-corrected chi connectivity index (χ4v) is 2.98. The van der Waals surface area contributed by atoms with Gasteiger partial charge in [0.1, 0.15) is 0 Å². The number of nitrogens with two attached hydrogens (primary N) is 1. The Kier molecular flexibility index (Phi) is 5.20. The molecule has 2 N–H and O–H groups in total. The molecule has 0 aliphatic carbocycles. The van der Waals surface area contributed by atoms with Crippen LogP contribution in [-0.2, 0) is 5.75 Å². The second kappa shape index (κ2) is 6.90. The molecule has 0 aliphatic rings. The minimum Gasteiger partial charge on any atom is -0.339 e. The van der Waals surface area contributed by atoms with Crippen molar-refractivity contribution in [3.05, 3.63) is 41.5 Å². The summed E-state index contributed by atoms with van der Waals surface area (Å²) in [6.45, 7) is 6.16. The van der Waals surface area contributed by atoms with Crippen LogP contribution in [0.15, 0.2) is 33.7 Å². The Bertz CT molecular complexity index is 554. The van der Waals surface area contributed by atoms with E-state index in [-0.39, 0.29) is 12.0 Å². The van der Waals surface area contributed by atoms with Crippen LogP contribution >= 0.6 is 11.8 Å². The molecule has 2 atom stereocenters. The van der Waals surface area contributed by atoms with Crippen molar-refractivity contribution in [3.8, 4) is 0 Å². The van der Waals surface area contributed by atoms with E-state index >= 15 is 0 Å². The fraction of sp³-hybridized carbons (Fsp3) is 0.467. The van der Waals surface area contributed by atoms with Gasteiger partial charge < -0.3 is 10.3 Å². The third-order valence-corrected chi connectivity index (χ3v) is 4.50. The molecule has 1 aromatic carbocycles. The number of aromatic nitrogens is 2. The molecule has 0 saturated carbocycles. The van der Waals surface area contributed by atoms with Crippen molar-refractivity contribution in [3.63, 3.8) is 0 Å². The number of benzene rings is 1. The first-order valence-electron chi connectivity index (χ1n) is 6.88. The van der Waals surface area contributed by atoms with E-state index in [1.54, 1.807) is 11.8 Å². The molecule has 0 fully saturated rings. The second-order valence-corrected chi connectivity index (χ2v) is 5.99. The molecule has 0 radical (unpaired) electrons. The minimum absolute atomic E-state index is 0.0253. The van der Waals surface area contributed by atoms with E-state index in [2.05, 4.69) is 36.1 Å². The lowest BCUT2D eigenvalue weighted by Gasteiger charge is -2.13. The highest BCUT2D eigenvalue weighted by Crippen LogP contribution is 2.26. The lowest BCUT2D eigenvalue weighted by molar-refractivity contribution is 0.331. The van der Waals surface area contributed by atoms with E-state index in [4.69, 9.17) is 10.3 Å². The maximum atomic E-state index is 5.94. The highest BCUT2D eigenvalue weighted by atomic mass is 32.2. The maximum Gasteiger partial charge on any atom is 0.231 e. The molecule has 5 heteroatoms. The molecule has 2 unspecified atom stereocenters. The van der Waals surface area contributed by atoms with Gasteiger partial charge in [-0.05, 0) is 31.9 Å². The van der Waals surface area contributed by atoms with Gasteiger partial charge in [0.15, 0.2) is 5.82 Å². The summed E-state index contributed by atoms with van der Waals surface area (Å²) < 4.78 is 5.34. The van der Waals surface area contributed by atoms with Crippen molar-refractivity contribution >= 4 is 11.8 Å². The SMILES string of the molecule is CCC(c1nc(CSc2ccccc2C)no1)C(C)N. The zero-order chi connectivity index (χ0) is 14.5. The van der Waals surface area contributed by atoms with Gasteiger partial charge in [-0.2, -0.15) is 4.98 Å². The lowest BCUT2D eigenvalue weighted by atomic mass is 9.99. The number of aryl methyl sites for hydroxylation is 1. The number of nitrogens with zero attached hydrogens (tertiary/aromatic N) is 2. The topological polar surface area (TPSA) is 64.9 Å². The number of hydrogen-bond donors (Lipinski definition) is 1. The van der Waals surface area contributed by atoms with Gasteiger partial charge in [0.2, 0.25) is 5.89 Å². The van der Waals surface area contributed by atoms with Crippen molar-refractivity contribution in [1.82, 2.24) is 10.1 Å². The summed E-state index contributed by atoms with van der Waals surface area (Å²) in [5, 5.41) is 4.05. The highest BCUT2D eigenvalue weighted by Gasteiger charge is 2.21. The van der Waals surface area contributed by atoms with E-state index in [1.807, 2.05) is 19.1 Å². The average Bonchev–Trinajstić information content (AvgIpc) is 2.87. The van der Waals surface area contributed by atoms with Crippen LogP contribution in [0.4, 0.5) is 0 Å². The number of rotatable bonds is 6. The Morgan fingerprint density at radius 2 is 2.10 bits per heavy atom. The summed E-state index contributed by atoms with van der Waals surface area (Å²) in [6.07, 6.45) is 0.907. The normalized spacial score (nSPS) is 14.2. The summed E-state index contributed by atoms with van der Waals surface area (Å²) in [4.78, 5) is 5.72. The molecule has 4 nitrogen and oxygen atoms in total. The van der Waals surface area contributed by atoms with Crippen LogP contribution in [0.25, 0.3) is 0 Å². The quantitative estimate of drug-likeness (QED) is 0.825. The summed E-state index contributed by atoms with van der Waals surface area (Å²) in [7, 11) is 0. The zero-order valence-corrected chi connectivity index (χ0v) is 13.0. The van der Waals surface area contributed by atoms with E-state index in [0.717, 1.165) is 12.2 Å². The molecule has 0 saturated heterocycles. The second-order valence-electron chi connectivity index (χ2n) is 4.98. The van der Waals surface area contributed by atoms with Gasteiger partial charge >= 0.3 is 0 Å². The molecular weight excluding hydrogens is 270 g/mol. The zero-order valence-electron chi connectivity index (χ0n) is 12.2. The van der Waals surface area contributed by atoms with Crippen LogP contribution in [0.2, 0.25) is 0 Å². The number of thioether (sulfide) groups is 1. The van der Waals surface area contributed by atoms with Crippen LogP contribution in [0.5, 0.6) is 0 Å². The van der Waals surface area contributed by atoms with Crippen molar-refractivity contribution < 1.29 is 4.52 Å². The van der Waals surface area contributed by atoms with Gasteiger partial charge in [-0.15, -0.1) is 11.8 Å². The molecule has 1 heterocycles. The first kappa shape index (κ1) is 15.1. The van der Waals surface area contributed by atoms with Gasteiger partial charge in [-0.25, -0.2) is 0 Å².